The number of hydrogen-bond acceptors (Lipinski definition) is 6. The number of amides is 1. The lowest BCUT2D eigenvalue weighted by atomic mass is 10.2. The van der Waals surface area contributed by atoms with E-state index in [-0.39, 0.29) is 5.03 Å². The molecule has 1 aromatic heterocycles. The maximum atomic E-state index is 12.4. The average Bonchev–Trinajstić information content (AvgIpc) is 3.06. The Morgan fingerprint density at radius 2 is 2.00 bits per heavy atom. The molecule has 1 N–H and O–H groups in total. The molecular weight excluding hydrogens is 316 g/mol. The van der Waals surface area contributed by atoms with Crippen molar-refractivity contribution in [2.75, 3.05) is 11.4 Å². The van der Waals surface area contributed by atoms with Gasteiger partial charge in [-0.2, -0.15) is 8.42 Å². The fourth-order valence-electron chi connectivity index (χ4n) is 2.64. The SMILES string of the molecule is O=C(NS(=O)(=O)c1cnccn1)[C@@H]1CCCN1c1ccccc1. The third-order valence-electron chi connectivity index (χ3n) is 3.69. The molecule has 0 unspecified atom stereocenters. The smallest absolute Gasteiger partial charge is 0.283 e. The van der Waals surface area contributed by atoms with Crippen molar-refractivity contribution in [3.05, 3.63) is 48.9 Å². The van der Waals surface area contributed by atoms with Crippen LogP contribution in [0.25, 0.3) is 0 Å². The minimum Gasteiger partial charge on any atom is -0.359 e. The van der Waals surface area contributed by atoms with E-state index in [0.29, 0.717) is 13.0 Å². The first kappa shape index (κ1) is 15.4. The molecule has 2 aromatic rings. The molecule has 7 nitrogen and oxygen atoms in total. The van der Waals surface area contributed by atoms with Crippen molar-refractivity contribution in [3.63, 3.8) is 0 Å². The standard InChI is InChI=1S/C15H16N4O3S/c20-15(18-23(21,22)14-11-16-8-9-17-14)13-7-4-10-19(13)12-5-2-1-3-6-12/h1-3,5-6,8-9,11,13H,4,7,10H2,(H,18,20)/t13-/m0/s1. The quantitative estimate of drug-likeness (QED) is 0.896. The van der Waals surface area contributed by atoms with E-state index < -0.39 is 22.0 Å². The fourth-order valence-corrected chi connectivity index (χ4v) is 3.55. The lowest BCUT2D eigenvalue weighted by molar-refractivity contribution is -0.120. The summed E-state index contributed by atoms with van der Waals surface area (Å²) >= 11 is 0. The van der Waals surface area contributed by atoms with Crippen LogP contribution in [0.15, 0.2) is 53.9 Å². The number of hydrogen-bond donors (Lipinski definition) is 1. The van der Waals surface area contributed by atoms with Crippen molar-refractivity contribution in [3.8, 4) is 0 Å². The van der Waals surface area contributed by atoms with Gasteiger partial charge in [0.15, 0.2) is 5.03 Å². The third-order valence-corrected chi connectivity index (χ3v) is 4.92. The van der Waals surface area contributed by atoms with E-state index in [9.17, 15) is 13.2 Å². The molecule has 0 saturated carbocycles. The second-order valence-corrected chi connectivity index (χ2v) is 6.83. The molecule has 0 spiro atoms. The Labute approximate surface area is 134 Å². The highest BCUT2D eigenvalue weighted by molar-refractivity contribution is 7.90. The summed E-state index contributed by atoms with van der Waals surface area (Å²) in [7, 11) is -4.00. The van der Waals surface area contributed by atoms with E-state index in [1.165, 1.54) is 12.4 Å². The molecule has 120 valence electrons. The fraction of sp³-hybridized carbons (Fsp3) is 0.267. The molecule has 0 aliphatic carbocycles. The van der Waals surface area contributed by atoms with Crippen molar-refractivity contribution in [2.24, 2.45) is 0 Å². The first-order valence-electron chi connectivity index (χ1n) is 7.22. The molecule has 1 atom stereocenters. The monoisotopic (exact) mass is 332 g/mol. The summed E-state index contributed by atoms with van der Waals surface area (Å²) in [6.45, 7) is 0.716. The van der Waals surface area contributed by atoms with E-state index in [2.05, 4.69) is 14.7 Å². The highest BCUT2D eigenvalue weighted by Gasteiger charge is 2.33. The van der Waals surface area contributed by atoms with Gasteiger partial charge in [0.25, 0.3) is 15.9 Å². The van der Waals surface area contributed by atoms with E-state index in [1.807, 2.05) is 35.2 Å². The highest BCUT2D eigenvalue weighted by atomic mass is 32.2. The van der Waals surface area contributed by atoms with Crippen LogP contribution in [-0.4, -0.2) is 36.9 Å². The Hall–Kier alpha value is -2.48. The predicted octanol–water partition coefficient (Wildman–Crippen LogP) is 0.950. The molecule has 1 aliphatic heterocycles. The van der Waals surface area contributed by atoms with Crippen LogP contribution >= 0.6 is 0 Å². The maximum Gasteiger partial charge on any atom is 0.283 e. The van der Waals surface area contributed by atoms with Gasteiger partial charge >= 0.3 is 0 Å². The summed E-state index contributed by atoms with van der Waals surface area (Å²) in [5, 5.41) is -0.266. The molecule has 3 rings (SSSR count). The van der Waals surface area contributed by atoms with Gasteiger partial charge in [0.2, 0.25) is 0 Å². The first-order valence-corrected chi connectivity index (χ1v) is 8.70. The van der Waals surface area contributed by atoms with Crippen molar-refractivity contribution in [1.82, 2.24) is 14.7 Å². The van der Waals surface area contributed by atoms with E-state index in [0.717, 1.165) is 18.3 Å². The number of carbonyl (C=O) groups is 1. The molecule has 0 bridgehead atoms. The zero-order valence-corrected chi connectivity index (χ0v) is 13.1. The number of aromatic nitrogens is 2. The number of nitrogens with zero attached hydrogens (tertiary/aromatic N) is 3. The summed E-state index contributed by atoms with van der Waals surface area (Å²) in [4.78, 5) is 21.8. The van der Waals surface area contributed by atoms with Crippen molar-refractivity contribution in [1.29, 1.82) is 0 Å². The largest absolute Gasteiger partial charge is 0.359 e. The topological polar surface area (TPSA) is 92.3 Å². The molecule has 1 saturated heterocycles. The van der Waals surface area contributed by atoms with Gasteiger partial charge in [-0.05, 0) is 25.0 Å². The second-order valence-electron chi connectivity index (χ2n) is 5.20. The van der Waals surface area contributed by atoms with E-state index in [1.54, 1.807) is 0 Å². The third kappa shape index (κ3) is 3.31. The highest BCUT2D eigenvalue weighted by Crippen LogP contribution is 2.25. The normalized spacial score (nSPS) is 17.9. The van der Waals surface area contributed by atoms with Gasteiger partial charge in [-0.3, -0.25) is 9.78 Å². The Morgan fingerprint density at radius 1 is 1.22 bits per heavy atom. The number of carbonyl (C=O) groups excluding carboxylic acids is 1. The Bertz CT molecular complexity index is 781. The average molecular weight is 332 g/mol. The predicted molar refractivity (Wildman–Crippen MR) is 84.2 cm³/mol. The van der Waals surface area contributed by atoms with Crippen LogP contribution in [0.4, 0.5) is 5.69 Å². The Kier molecular flexibility index (Phi) is 4.24. The van der Waals surface area contributed by atoms with Gasteiger partial charge in [0, 0.05) is 24.6 Å². The van der Waals surface area contributed by atoms with E-state index in [4.69, 9.17) is 0 Å². The van der Waals surface area contributed by atoms with Gasteiger partial charge < -0.3 is 4.90 Å². The Balaban J connectivity index is 1.78. The number of benzene rings is 1. The lowest BCUT2D eigenvalue weighted by Gasteiger charge is -2.25. The number of rotatable bonds is 4. The maximum absolute atomic E-state index is 12.4. The summed E-state index contributed by atoms with van der Waals surface area (Å²) in [5.41, 5.74) is 0.905. The van der Waals surface area contributed by atoms with Gasteiger partial charge in [0.1, 0.15) is 6.04 Å². The number of nitrogens with one attached hydrogen (secondary N) is 1. The molecular formula is C15H16N4O3S. The van der Waals surface area contributed by atoms with Crippen molar-refractivity contribution in [2.45, 2.75) is 23.9 Å². The first-order chi connectivity index (χ1) is 11.1. The van der Waals surface area contributed by atoms with Crippen LogP contribution in [0.3, 0.4) is 0 Å². The summed E-state index contributed by atoms with van der Waals surface area (Å²) in [6, 6.07) is 8.97. The second kappa shape index (κ2) is 6.33. The minimum atomic E-state index is -4.00. The zero-order valence-electron chi connectivity index (χ0n) is 12.3. The van der Waals surface area contributed by atoms with Gasteiger partial charge in [-0.25, -0.2) is 9.71 Å². The van der Waals surface area contributed by atoms with Crippen LogP contribution in [0, 0.1) is 0 Å². The number of para-hydroxylation sites is 1. The minimum absolute atomic E-state index is 0.266. The Morgan fingerprint density at radius 3 is 2.70 bits per heavy atom. The molecule has 1 aliphatic rings. The molecule has 8 heteroatoms. The van der Waals surface area contributed by atoms with Crippen LogP contribution in [-0.2, 0) is 14.8 Å². The van der Waals surface area contributed by atoms with Gasteiger partial charge in [-0.15, -0.1) is 0 Å². The molecule has 1 amide bonds. The van der Waals surface area contributed by atoms with Crippen LogP contribution in [0.2, 0.25) is 0 Å². The zero-order chi connectivity index (χ0) is 16.3. The summed E-state index contributed by atoms with van der Waals surface area (Å²) in [6.07, 6.45) is 5.19. The van der Waals surface area contributed by atoms with Crippen molar-refractivity contribution < 1.29 is 13.2 Å². The molecule has 0 radical (unpaired) electrons. The van der Waals surface area contributed by atoms with E-state index >= 15 is 0 Å². The van der Waals surface area contributed by atoms with Crippen LogP contribution in [0.1, 0.15) is 12.8 Å². The number of anilines is 1. The van der Waals surface area contributed by atoms with Crippen LogP contribution < -0.4 is 9.62 Å². The van der Waals surface area contributed by atoms with Gasteiger partial charge in [0.05, 0.1) is 6.20 Å². The number of sulfonamides is 1. The molecule has 1 fully saturated rings. The van der Waals surface area contributed by atoms with Crippen LogP contribution in [0.5, 0.6) is 0 Å². The lowest BCUT2D eigenvalue weighted by Crippen LogP contribution is -2.45. The summed E-state index contributed by atoms with van der Waals surface area (Å²) in [5.74, 6) is -0.544. The van der Waals surface area contributed by atoms with Gasteiger partial charge in [-0.1, -0.05) is 18.2 Å². The van der Waals surface area contributed by atoms with Crippen molar-refractivity contribution >= 4 is 21.6 Å². The molecule has 23 heavy (non-hydrogen) atoms. The molecule has 2 heterocycles. The summed E-state index contributed by atoms with van der Waals surface area (Å²) < 4.78 is 26.5. The molecule has 1 aromatic carbocycles.